The Morgan fingerprint density at radius 1 is 1.08 bits per heavy atom. The summed E-state index contributed by atoms with van der Waals surface area (Å²) in [6.45, 7) is -0.472. The Bertz CT molecular complexity index is 900. The van der Waals surface area contributed by atoms with Crippen molar-refractivity contribution in [2.75, 3.05) is 6.61 Å². The van der Waals surface area contributed by atoms with Gasteiger partial charge in [0.05, 0.1) is 5.56 Å². The predicted octanol–water partition coefficient (Wildman–Crippen LogP) is 2.73. The van der Waals surface area contributed by atoms with Gasteiger partial charge < -0.3 is 13.9 Å². The maximum absolute atomic E-state index is 11.7. The van der Waals surface area contributed by atoms with E-state index >= 15 is 0 Å². The van der Waals surface area contributed by atoms with Crippen LogP contribution >= 0.6 is 0 Å². The monoisotopic (exact) mass is 335 g/mol. The number of carbonyl (C=O) groups excluding carboxylic acids is 1. The molecule has 2 aromatic carbocycles. The summed E-state index contributed by atoms with van der Waals surface area (Å²) in [5.74, 6) is 0.258. The van der Waals surface area contributed by atoms with Gasteiger partial charge in [0.15, 0.2) is 13.2 Å². The molecule has 0 aliphatic carbocycles. The lowest BCUT2D eigenvalue weighted by molar-refractivity contribution is -0.148. The molecule has 0 fully saturated rings. The van der Waals surface area contributed by atoms with Gasteiger partial charge in [0.1, 0.15) is 11.8 Å². The molecule has 0 unspecified atom stereocenters. The number of aromatic nitrogens is 2. The third kappa shape index (κ3) is 4.20. The normalized spacial score (nSPS) is 10.0. The molecule has 1 aromatic heterocycles. The molecule has 0 aliphatic rings. The zero-order valence-electron chi connectivity index (χ0n) is 13.1. The first-order chi connectivity index (χ1) is 12.3. The minimum absolute atomic E-state index is 0.151. The van der Waals surface area contributed by atoms with Crippen LogP contribution < -0.4 is 4.74 Å². The highest BCUT2D eigenvalue weighted by Gasteiger charge is 2.12. The number of carbonyl (C=O) groups is 1. The van der Waals surface area contributed by atoms with Crippen molar-refractivity contribution in [2.45, 2.75) is 6.61 Å². The van der Waals surface area contributed by atoms with Crippen LogP contribution in [0.15, 0.2) is 59.0 Å². The first kappa shape index (κ1) is 16.2. The Hall–Kier alpha value is -3.66. The van der Waals surface area contributed by atoms with E-state index in [1.165, 1.54) is 0 Å². The van der Waals surface area contributed by atoms with Crippen molar-refractivity contribution < 1.29 is 18.7 Å². The fraction of sp³-hybridized carbons (Fsp3) is 0.111. The van der Waals surface area contributed by atoms with E-state index in [4.69, 9.17) is 19.2 Å². The summed E-state index contributed by atoms with van der Waals surface area (Å²) < 4.78 is 15.8. The summed E-state index contributed by atoms with van der Waals surface area (Å²) >= 11 is 0. The number of esters is 1. The van der Waals surface area contributed by atoms with Crippen LogP contribution in [0.4, 0.5) is 0 Å². The van der Waals surface area contributed by atoms with E-state index < -0.39 is 5.97 Å². The van der Waals surface area contributed by atoms with Gasteiger partial charge >= 0.3 is 5.97 Å². The summed E-state index contributed by atoms with van der Waals surface area (Å²) in [6, 6.07) is 17.9. The van der Waals surface area contributed by atoms with E-state index in [1.807, 2.05) is 36.4 Å². The lowest BCUT2D eigenvalue weighted by atomic mass is 10.2. The molecule has 0 amide bonds. The second-order valence-corrected chi connectivity index (χ2v) is 4.92. The molecule has 0 spiro atoms. The Balaban J connectivity index is 1.51. The van der Waals surface area contributed by atoms with Crippen LogP contribution in [0.3, 0.4) is 0 Å². The molecule has 124 valence electrons. The van der Waals surface area contributed by atoms with E-state index in [2.05, 4.69) is 10.2 Å². The van der Waals surface area contributed by atoms with Crippen LogP contribution in [0.1, 0.15) is 11.5 Å². The van der Waals surface area contributed by atoms with Gasteiger partial charge in [0.2, 0.25) is 5.89 Å². The smallest absolute Gasteiger partial charge is 0.344 e. The number of nitriles is 1. The molecule has 1 heterocycles. The second-order valence-electron chi connectivity index (χ2n) is 4.92. The molecule has 0 N–H and O–H groups in total. The van der Waals surface area contributed by atoms with Crippen LogP contribution in [-0.2, 0) is 16.1 Å². The number of ether oxygens (including phenoxy) is 2. The summed E-state index contributed by atoms with van der Waals surface area (Å²) in [6.07, 6.45) is 0. The highest BCUT2D eigenvalue weighted by molar-refractivity contribution is 5.71. The Morgan fingerprint density at radius 2 is 1.84 bits per heavy atom. The van der Waals surface area contributed by atoms with Crippen LogP contribution in [0.25, 0.3) is 11.5 Å². The van der Waals surface area contributed by atoms with E-state index in [-0.39, 0.29) is 19.1 Å². The highest BCUT2D eigenvalue weighted by atomic mass is 16.6. The van der Waals surface area contributed by atoms with Gasteiger partial charge in [0.25, 0.3) is 5.89 Å². The summed E-state index contributed by atoms with van der Waals surface area (Å²) in [5.41, 5.74) is 1.13. The summed E-state index contributed by atoms with van der Waals surface area (Å²) in [5, 5.41) is 16.7. The molecule has 25 heavy (non-hydrogen) atoms. The topological polar surface area (TPSA) is 98.2 Å². The van der Waals surface area contributed by atoms with Crippen molar-refractivity contribution in [1.29, 1.82) is 5.26 Å². The average molecular weight is 335 g/mol. The van der Waals surface area contributed by atoms with Crippen molar-refractivity contribution in [2.24, 2.45) is 0 Å². The van der Waals surface area contributed by atoms with E-state index in [9.17, 15) is 4.79 Å². The number of benzene rings is 2. The molecular formula is C18H13N3O4. The minimum atomic E-state index is -0.604. The number of hydrogen-bond acceptors (Lipinski definition) is 7. The number of rotatable bonds is 6. The van der Waals surface area contributed by atoms with Crippen molar-refractivity contribution in [3.8, 4) is 23.3 Å². The Labute approximate surface area is 143 Å². The Kier molecular flexibility index (Phi) is 5.02. The van der Waals surface area contributed by atoms with E-state index in [0.717, 1.165) is 5.56 Å². The van der Waals surface area contributed by atoms with Gasteiger partial charge in [-0.25, -0.2) is 4.79 Å². The molecule has 0 radical (unpaired) electrons. The van der Waals surface area contributed by atoms with E-state index in [0.29, 0.717) is 17.2 Å². The van der Waals surface area contributed by atoms with Crippen molar-refractivity contribution in [3.05, 3.63) is 66.1 Å². The summed E-state index contributed by atoms with van der Waals surface area (Å²) in [4.78, 5) is 11.7. The molecule has 0 saturated carbocycles. The zero-order chi connectivity index (χ0) is 17.5. The Morgan fingerprint density at radius 3 is 2.64 bits per heavy atom. The van der Waals surface area contributed by atoms with Gasteiger partial charge in [-0.15, -0.1) is 10.2 Å². The van der Waals surface area contributed by atoms with Crippen LogP contribution in [0.5, 0.6) is 5.75 Å². The molecule has 7 heteroatoms. The lowest BCUT2D eigenvalue weighted by Crippen LogP contribution is -2.15. The predicted molar refractivity (Wildman–Crippen MR) is 86.2 cm³/mol. The van der Waals surface area contributed by atoms with Gasteiger partial charge in [-0.3, -0.25) is 0 Å². The maximum Gasteiger partial charge on any atom is 0.344 e. The molecule has 3 rings (SSSR count). The van der Waals surface area contributed by atoms with Crippen molar-refractivity contribution in [3.63, 3.8) is 0 Å². The van der Waals surface area contributed by atoms with Gasteiger partial charge in [-0.05, 0) is 24.3 Å². The van der Waals surface area contributed by atoms with Crippen LogP contribution in [0, 0.1) is 11.3 Å². The second kappa shape index (κ2) is 7.75. The number of nitrogens with zero attached hydrogens (tertiary/aromatic N) is 3. The minimum Gasteiger partial charge on any atom is -0.481 e. The molecule has 0 atom stereocenters. The SMILES string of the molecule is N#Cc1ccccc1OCC(=O)OCc1nnc(-c2ccccc2)o1. The van der Waals surface area contributed by atoms with Crippen molar-refractivity contribution >= 4 is 5.97 Å². The highest BCUT2D eigenvalue weighted by Crippen LogP contribution is 2.18. The van der Waals surface area contributed by atoms with Gasteiger partial charge in [-0.1, -0.05) is 30.3 Å². The zero-order valence-corrected chi connectivity index (χ0v) is 13.1. The number of hydrogen-bond donors (Lipinski definition) is 0. The van der Waals surface area contributed by atoms with Gasteiger partial charge in [0, 0.05) is 5.56 Å². The molecule has 0 bridgehead atoms. The van der Waals surface area contributed by atoms with Crippen LogP contribution in [0.2, 0.25) is 0 Å². The van der Waals surface area contributed by atoms with Crippen molar-refractivity contribution in [1.82, 2.24) is 10.2 Å². The molecule has 3 aromatic rings. The lowest BCUT2D eigenvalue weighted by Gasteiger charge is -2.06. The maximum atomic E-state index is 11.7. The molecule has 0 aliphatic heterocycles. The third-order valence-electron chi connectivity index (χ3n) is 3.20. The van der Waals surface area contributed by atoms with Crippen LogP contribution in [-0.4, -0.2) is 22.8 Å². The largest absolute Gasteiger partial charge is 0.481 e. The fourth-order valence-corrected chi connectivity index (χ4v) is 2.01. The fourth-order valence-electron chi connectivity index (χ4n) is 2.01. The summed E-state index contributed by atoms with van der Waals surface area (Å²) in [7, 11) is 0. The molecular weight excluding hydrogens is 322 g/mol. The number of para-hydroxylation sites is 1. The molecule has 0 saturated heterocycles. The molecule has 7 nitrogen and oxygen atoms in total. The first-order valence-electron chi connectivity index (χ1n) is 7.41. The van der Waals surface area contributed by atoms with E-state index in [1.54, 1.807) is 24.3 Å². The van der Waals surface area contributed by atoms with Gasteiger partial charge in [-0.2, -0.15) is 5.26 Å². The third-order valence-corrected chi connectivity index (χ3v) is 3.20. The quantitative estimate of drug-likeness (QED) is 0.639. The first-order valence-corrected chi connectivity index (χ1v) is 7.41. The average Bonchev–Trinajstić information content (AvgIpc) is 3.14. The standard InChI is InChI=1S/C18H13N3O4/c19-10-14-8-4-5-9-15(14)23-12-17(22)24-11-16-20-21-18(25-16)13-6-2-1-3-7-13/h1-9H,11-12H2.